The van der Waals surface area contributed by atoms with Crippen LogP contribution in [-0.2, 0) is 20.2 Å². The van der Waals surface area contributed by atoms with E-state index in [1.54, 1.807) is 12.1 Å². The third-order valence-corrected chi connectivity index (χ3v) is 6.82. The number of amides is 1. The first-order valence-electron chi connectivity index (χ1n) is 9.43. The first kappa shape index (κ1) is 21.8. The second-order valence-corrected chi connectivity index (χ2v) is 9.77. The van der Waals surface area contributed by atoms with Gasteiger partial charge in [0.1, 0.15) is 0 Å². The van der Waals surface area contributed by atoms with E-state index in [0.717, 1.165) is 15.6 Å². The molecule has 2 aromatic carbocycles. The molecule has 0 saturated carbocycles. The number of ether oxygens (including phenoxy) is 1. The number of nitrogens with one attached hydrogen (secondary N) is 1. The van der Waals surface area contributed by atoms with Gasteiger partial charge in [0.2, 0.25) is 5.91 Å². The molecule has 0 aliphatic carbocycles. The van der Waals surface area contributed by atoms with Crippen LogP contribution in [0.2, 0.25) is 0 Å². The predicted molar refractivity (Wildman–Crippen MR) is 114 cm³/mol. The van der Waals surface area contributed by atoms with Crippen molar-refractivity contribution < 1.29 is 22.3 Å². The number of rotatable bonds is 6. The number of carbonyl (C=O) groups excluding carboxylic acids is 1. The number of hydrogen-bond donors (Lipinski definition) is 1. The van der Waals surface area contributed by atoms with Gasteiger partial charge in [-0.25, -0.2) is 16.8 Å². The van der Waals surface area contributed by atoms with Gasteiger partial charge in [-0.15, -0.1) is 0 Å². The van der Waals surface area contributed by atoms with Gasteiger partial charge in [0.05, 0.1) is 17.5 Å². The second kappa shape index (κ2) is 7.75. The maximum atomic E-state index is 14.5. The molecule has 8 heteroatoms. The van der Waals surface area contributed by atoms with Crippen molar-refractivity contribution in [3.63, 3.8) is 0 Å². The Morgan fingerprint density at radius 3 is 2.40 bits per heavy atom. The largest absolute Gasteiger partial charge is 0.494 e. The van der Waals surface area contributed by atoms with Crippen molar-refractivity contribution in [3.05, 3.63) is 59.5 Å². The summed E-state index contributed by atoms with van der Waals surface area (Å²) >= 11 is 0. The molecule has 0 aliphatic rings. The second-order valence-electron chi connectivity index (χ2n) is 7.95. The fourth-order valence-corrected chi connectivity index (χ4v) is 4.72. The lowest BCUT2D eigenvalue weighted by Crippen LogP contribution is -2.35. The van der Waals surface area contributed by atoms with E-state index in [4.69, 9.17) is 4.74 Å². The van der Waals surface area contributed by atoms with Crippen molar-refractivity contribution in [2.24, 2.45) is 0 Å². The van der Waals surface area contributed by atoms with Crippen molar-refractivity contribution in [3.8, 4) is 5.75 Å². The molecular formula is C22H25FN2O4S. The van der Waals surface area contributed by atoms with Crippen LogP contribution in [0, 0.1) is 12.7 Å². The molecule has 1 heterocycles. The minimum Gasteiger partial charge on any atom is -0.494 e. The maximum Gasteiger partial charge on any atom is 0.268 e. The van der Waals surface area contributed by atoms with Gasteiger partial charge in [0, 0.05) is 36.5 Å². The minimum atomic E-state index is -3.97. The highest BCUT2D eigenvalue weighted by molar-refractivity contribution is 7.90. The van der Waals surface area contributed by atoms with E-state index in [-0.39, 0.29) is 28.6 Å². The van der Waals surface area contributed by atoms with E-state index >= 15 is 0 Å². The van der Waals surface area contributed by atoms with Crippen LogP contribution >= 0.6 is 0 Å². The van der Waals surface area contributed by atoms with Gasteiger partial charge in [0.15, 0.2) is 11.6 Å². The van der Waals surface area contributed by atoms with Gasteiger partial charge >= 0.3 is 0 Å². The first-order chi connectivity index (χ1) is 14.0. The Balaban J connectivity index is 2.29. The van der Waals surface area contributed by atoms with Crippen LogP contribution in [0.4, 0.5) is 4.39 Å². The number of aromatic nitrogens is 1. The van der Waals surface area contributed by atoms with Gasteiger partial charge in [-0.05, 0) is 30.7 Å². The lowest BCUT2D eigenvalue weighted by molar-refractivity contribution is -0.119. The molecule has 0 spiro atoms. The van der Waals surface area contributed by atoms with Gasteiger partial charge in [-0.2, -0.15) is 0 Å². The Hall–Kier alpha value is -2.87. The molecule has 0 fully saturated rings. The summed E-state index contributed by atoms with van der Waals surface area (Å²) in [6, 6.07) is 9.14. The van der Waals surface area contributed by atoms with E-state index in [1.807, 2.05) is 20.8 Å². The highest BCUT2D eigenvalue weighted by atomic mass is 32.2. The Morgan fingerprint density at radius 1 is 1.20 bits per heavy atom. The van der Waals surface area contributed by atoms with Crippen LogP contribution in [0.3, 0.4) is 0 Å². The van der Waals surface area contributed by atoms with Crippen molar-refractivity contribution in [1.82, 2.24) is 9.29 Å². The number of methoxy groups -OCH3 is 1. The Labute approximate surface area is 175 Å². The third-order valence-electron chi connectivity index (χ3n) is 5.13. The molecule has 0 saturated heterocycles. The van der Waals surface area contributed by atoms with E-state index in [2.05, 4.69) is 5.32 Å². The Kier molecular flexibility index (Phi) is 5.64. The fourth-order valence-electron chi connectivity index (χ4n) is 3.36. The first-order valence-corrected chi connectivity index (χ1v) is 10.9. The molecule has 0 unspecified atom stereocenters. The summed E-state index contributed by atoms with van der Waals surface area (Å²) in [6.07, 6.45) is 1.50. The summed E-state index contributed by atoms with van der Waals surface area (Å²) in [7, 11) is -2.61. The number of fused-ring (bicyclic) bond motifs is 1. The van der Waals surface area contributed by atoms with E-state index in [0.29, 0.717) is 10.9 Å². The standard InChI is InChI=1S/C22H25FN2O4S/c1-14-6-8-16(9-7-14)30(27,28)25-12-18(22(3,4)13-24-15(2)26)17-10-21(29-5)19(23)11-20(17)25/h6-12H,13H2,1-5H3,(H,24,26). The van der Waals surface area contributed by atoms with Crippen LogP contribution in [-0.4, -0.2) is 32.0 Å². The molecule has 1 aromatic heterocycles. The number of halogens is 1. The zero-order valence-corrected chi connectivity index (χ0v) is 18.4. The lowest BCUT2D eigenvalue weighted by atomic mass is 9.84. The Bertz CT molecular complexity index is 1210. The number of nitrogens with zero attached hydrogens (tertiary/aromatic N) is 1. The summed E-state index contributed by atoms with van der Waals surface area (Å²) in [6.45, 7) is 7.34. The molecule has 30 heavy (non-hydrogen) atoms. The monoisotopic (exact) mass is 432 g/mol. The van der Waals surface area contributed by atoms with Gasteiger partial charge in [0.25, 0.3) is 10.0 Å². The third kappa shape index (κ3) is 3.92. The quantitative estimate of drug-likeness (QED) is 0.644. The van der Waals surface area contributed by atoms with Gasteiger partial charge < -0.3 is 10.1 Å². The smallest absolute Gasteiger partial charge is 0.268 e. The molecule has 1 N–H and O–H groups in total. The van der Waals surface area contributed by atoms with Crippen molar-refractivity contribution in [2.45, 2.75) is 38.0 Å². The average Bonchev–Trinajstić information content (AvgIpc) is 3.06. The fraction of sp³-hybridized carbons (Fsp3) is 0.318. The SMILES string of the molecule is COc1cc2c(C(C)(C)CNC(C)=O)cn(S(=O)(=O)c3ccc(C)cc3)c2cc1F. The molecule has 0 radical (unpaired) electrons. The lowest BCUT2D eigenvalue weighted by Gasteiger charge is -2.24. The molecule has 0 aliphatic heterocycles. The zero-order valence-electron chi connectivity index (χ0n) is 17.6. The zero-order chi connectivity index (χ0) is 22.3. The highest BCUT2D eigenvalue weighted by Gasteiger charge is 2.30. The number of benzene rings is 2. The summed E-state index contributed by atoms with van der Waals surface area (Å²) in [5.41, 5.74) is 1.17. The number of carbonyl (C=O) groups is 1. The molecule has 0 bridgehead atoms. The van der Waals surface area contributed by atoms with Gasteiger partial charge in [-0.3, -0.25) is 4.79 Å². The van der Waals surface area contributed by atoms with Crippen LogP contribution in [0.5, 0.6) is 5.75 Å². The summed E-state index contributed by atoms with van der Waals surface area (Å²) in [5.74, 6) is -0.832. The van der Waals surface area contributed by atoms with E-state index in [1.165, 1.54) is 38.4 Å². The summed E-state index contributed by atoms with van der Waals surface area (Å²) < 4.78 is 47.5. The average molecular weight is 433 g/mol. The van der Waals surface area contributed by atoms with Crippen LogP contribution in [0.1, 0.15) is 31.9 Å². The van der Waals surface area contributed by atoms with Crippen LogP contribution in [0.25, 0.3) is 10.9 Å². The predicted octanol–water partition coefficient (Wildman–Crippen LogP) is 3.75. The molecule has 3 aromatic rings. The Morgan fingerprint density at radius 2 is 1.83 bits per heavy atom. The van der Waals surface area contributed by atoms with Crippen LogP contribution in [0.15, 0.2) is 47.5 Å². The summed E-state index contributed by atoms with van der Waals surface area (Å²) in [4.78, 5) is 11.5. The molecule has 6 nitrogen and oxygen atoms in total. The molecular weight excluding hydrogens is 407 g/mol. The molecule has 3 rings (SSSR count). The molecule has 0 atom stereocenters. The van der Waals surface area contributed by atoms with E-state index < -0.39 is 21.3 Å². The summed E-state index contributed by atoms with van der Waals surface area (Å²) in [5, 5.41) is 3.31. The van der Waals surface area contributed by atoms with E-state index in [9.17, 15) is 17.6 Å². The molecule has 1 amide bonds. The highest BCUT2D eigenvalue weighted by Crippen LogP contribution is 2.37. The molecule has 160 valence electrons. The number of aryl methyl sites for hydroxylation is 1. The topological polar surface area (TPSA) is 77.4 Å². The number of hydrogen-bond acceptors (Lipinski definition) is 4. The van der Waals surface area contributed by atoms with Crippen molar-refractivity contribution in [2.75, 3.05) is 13.7 Å². The van der Waals surface area contributed by atoms with Crippen molar-refractivity contribution >= 4 is 26.8 Å². The van der Waals surface area contributed by atoms with Gasteiger partial charge in [-0.1, -0.05) is 31.5 Å². The van der Waals surface area contributed by atoms with Crippen molar-refractivity contribution in [1.29, 1.82) is 0 Å². The maximum absolute atomic E-state index is 14.5. The van der Waals surface area contributed by atoms with Crippen LogP contribution < -0.4 is 10.1 Å². The minimum absolute atomic E-state index is 0.0181. The normalized spacial score (nSPS) is 12.2.